The average Bonchev–Trinajstić information content (AvgIpc) is 2.69. The fourth-order valence-corrected chi connectivity index (χ4v) is 3.73. The van der Waals surface area contributed by atoms with E-state index >= 15 is 0 Å². The van der Waals surface area contributed by atoms with Gasteiger partial charge >= 0.3 is 0 Å². The normalized spacial score (nSPS) is 16.2. The first-order chi connectivity index (χ1) is 13.8. The highest BCUT2D eigenvalue weighted by Crippen LogP contribution is 2.31. The molecule has 0 atom stereocenters. The first-order valence-electron chi connectivity index (χ1n) is 9.21. The molecular weight excluding hydrogens is 402 g/mol. The van der Waals surface area contributed by atoms with E-state index in [1.807, 2.05) is 4.90 Å². The zero-order valence-corrected chi connectivity index (χ0v) is 16.2. The van der Waals surface area contributed by atoms with Crippen molar-refractivity contribution in [2.75, 3.05) is 24.6 Å². The number of hydrogen-bond donors (Lipinski definition) is 2. The number of ether oxygens (including phenoxy) is 1. The summed E-state index contributed by atoms with van der Waals surface area (Å²) in [5.41, 5.74) is -0.989. The van der Waals surface area contributed by atoms with Crippen LogP contribution in [0.5, 0.6) is 5.75 Å². The van der Waals surface area contributed by atoms with Crippen LogP contribution in [0.1, 0.15) is 12.8 Å². The molecule has 0 aliphatic carbocycles. The smallest absolute Gasteiger partial charge is 0.248 e. The van der Waals surface area contributed by atoms with E-state index in [2.05, 4.69) is 4.98 Å². The summed E-state index contributed by atoms with van der Waals surface area (Å²) in [6.45, 7) is 0.912. The van der Waals surface area contributed by atoms with Crippen molar-refractivity contribution in [1.29, 1.82) is 0 Å². The summed E-state index contributed by atoms with van der Waals surface area (Å²) in [7, 11) is 0. The number of anilines is 1. The van der Waals surface area contributed by atoms with Gasteiger partial charge in [-0.3, -0.25) is 4.79 Å². The predicted molar refractivity (Wildman–Crippen MR) is 108 cm³/mol. The summed E-state index contributed by atoms with van der Waals surface area (Å²) in [6.07, 6.45) is 0.760. The van der Waals surface area contributed by atoms with E-state index in [1.165, 1.54) is 30.3 Å². The predicted octanol–water partition coefficient (Wildman–Crippen LogP) is 3.87. The molecule has 0 spiro atoms. The van der Waals surface area contributed by atoms with Crippen LogP contribution in [-0.4, -0.2) is 35.4 Å². The molecule has 3 aromatic rings. The van der Waals surface area contributed by atoms with Gasteiger partial charge in [0.1, 0.15) is 29.6 Å². The Hall–Kier alpha value is -2.64. The summed E-state index contributed by atoms with van der Waals surface area (Å²) in [4.78, 5) is 15.8. The number of aliphatic hydroxyl groups is 1. The van der Waals surface area contributed by atoms with Gasteiger partial charge in [-0.1, -0.05) is 11.6 Å². The molecule has 2 N–H and O–H groups in total. The van der Waals surface area contributed by atoms with Crippen molar-refractivity contribution in [3.8, 4) is 5.75 Å². The van der Waals surface area contributed by atoms with Crippen molar-refractivity contribution >= 4 is 28.2 Å². The van der Waals surface area contributed by atoms with E-state index in [0.717, 1.165) is 0 Å². The molecule has 0 amide bonds. The summed E-state index contributed by atoms with van der Waals surface area (Å²) in [5.74, 6) is -0.578. The molecule has 0 radical (unpaired) electrons. The number of piperidine rings is 1. The van der Waals surface area contributed by atoms with Crippen LogP contribution in [0.15, 0.2) is 47.3 Å². The van der Waals surface area contributed by atoms with E-state index in [-0.39, 0.29) is 12.1 Å². The number of pyridine rings is 1. The summed E-state index contributed by atoms with van der Waals surface area (Å²) in [6, 6.07) is 9.99. The van der Waals surface area contributed by atoms with Gasteiger partial charge < -0.3 is 19.7 Å². The minimum atomic E-state index is -1.09. The SMILES string of the molecule is O=c1ccc2c(OCC3(O)CCN(c4ccc(Cl)cc4F)CC3)ccc(F)c2[nH]1. The van der Waals surface area contributed by atoms with Crippen LogP contribution in [0.4, 0.5) is 14.5 Å². The van der Waals surface area contributed by atoms with Crippen molar-refractivity contribution in [1.82, 2.24) is 4.98 Å². The largest absolute Gasteiger partial charge is 0.490 e. The molecular formula is C21H19ClF2N2O3. The lowest BCUT2D eigenvalue weighted by Gasteiger charge is -2.39. The molecule has 29 heavy (non-hydrogen) atoms. The topological polar surface area (TPSA) is 65.6 Å². The Morgan fingerprint density at radius 3 is 2.59 bits per heavy atom. The summed E-state index contributed by atoms with van der Waals surface area (Å²) >= 11 is 5.80. The van der Waals surface area contributed by atoms with Crippen molar-refractivity contribution in [3.05, 3.63) is 69.5 Å². The average molecular weight is 421 g/mol. The van der Waals surface area contributed by atoms with Crippen molar-refractivity contribution < 1.29 is 18.6 Å². The van der Waals surface area contributed by atoms with Crippen LogP contribution < -0.4 is 15.2 Å². The lowest BCUT2D eigenvalue weighted by atomic mass is 9.92. The number of aromatic nitrogens is 1. The Kier molecular flexibility index (Phi) is 5.19. The molecule has 1 saturated heterocycles. The molecule has 0 saturated carbocycles. The summed E-state index contributed by atoms with van der Waals surface area (Å²) < 4.78 is 33.9. The van der Waals surface area contributed by atoms with Crippen LogP contribution in [-0.2, 0) is 0 Å². The first kappa shape index (κ1) is 19.7. The van der Waals surface area contributed by atoms with Crippen LogP contribution in [0.2, 0.25) is 5.02 Å². The van der Waals surface area contributed by atoms with E-state index < -0.39 is 22.8 Å². The van der Waals surface area contributed by atoms with Crippen molar-refractivity contribution in [2.24, 2.45) is 0 Å². The number of hydrogen-bond acceptors (Lipinski definition) is 4. The van der Waals surface area contributed by atoms with Crippen LogP contribution in [0.25, 0.3) is 10.9 Å². The lowest BCUT2D eigenvalue weighted by Crippen LogP contribution is -2.48. The fraction of sp³-hybridized carbons (Fsp3) is 0.286. The number of aromatic amines is 1. The monoisotopic (exact) mass is 420 g/mol. The summed E-state index contributed by atoms with van der Waals surface area (Å²) in [5, 5.41) is 11.6. The quantitative estimate of drug-likeness (QED) is 0.672. The Bertz CT molecular complexity index is 1110. The molecule has 1 fully saturated rings. The Morgan fingerprint density at radius 1 is 1.10 bits per heavy atom. The van der Waals surface area contributed by atoms with Crippen molar-refractivity contribution in [3.63, 3.8) is 0 Å². The molecule has 152 valence electrons. The van der Waals surface area contributed by atoms with Crippen LogP contribution >= 0.6 is 11.6 Å². The van der Waals surface area contributed by atoms with Gasteiger partial charge in [0.05, 0.1) is 11.2 Å². The third-order valence-corrected chi connectivity index (χ3v) is 5.48. The molecule has 1 aliphatic heterocycles. The fourth-order valence-electron chi connectivity index (χ4n) is 3.57. The lowest BCUT2D eigenvalue weighted by molar-refractivity contribution is -0.0238. The molecule has 5 nitrogen and oxygen atoms in total. The highest BCUT2D eigenvalue weighted by atomic mass is 35.5. The highest BCUT2D eigenvalue weighted by molar-refractivity contribution is 6.30. The molecule has 0 unspecified atom stereocenters. The third-order valence-electron chi connectivity index (χ3n) is 5.25. The molecule has 8 heteroatoms. The van der Waals surface area contributed by atoms with E-state index in [0.29, 0.717) is 47.8 Å². The standard InChI is InChI=1S/C21H19ClF2N2O3/c22-13-1-4-17(16(24)11-13)26-9-7-21(28,8-10-26)12-29-18-5-3-15(23)20-14(18)2-6-19(27)25-20/h1-6,11,28H,7-10,12H2,(H,25,27). The van der Waals surface area contributed by atoms with Gasteiger partial charge in [0.25, 0.3) is 0 Å². The van der Waals surface area contributed by atoms with E-state index in [1.54, 1.807) is 12.1 Å². The zero-order valence-electron chi connectivity index (χ0n) is 15.4. The number of nitrogens with zero attached hydrogens (tertiary/aromatic N) is 1. The van der Waals surface area contributed by atoms with Gasteiger partial charge in [-0.2, -0.15) is 0 Å². The number of benzene rings is 2. The number of fused-ring (bicyclic) bond motifs is 1. The minimum Gasteiger partial charge on any atom is -0.490 e. The van der Waals surface area contributed by atoms with Gasteiger partial charge in [-0.25, -0.2) is 8.78 Å². The molecule has 4 rings (SSSR count). The van der Waals surface area contributed by atoms with Gasteiger partial charge in [0.2, 0.25) is 5.56 Å². The number of H-pyrrole nitrogens is 1. The second-order valence-electron chi connectivity index (χ2n) is 7.25. The zero-order chi connectivity index (χ0) is 20.6. The Labute approximate surface area is 170 Å². The molecule has 1 aliphatic rings. The van der Waals surface area contributed by atoms with E-state index in [9.17, 15) is 18.7 Å². The third kappa shape index (κ3) is 4.06. The molecule has 1 aromatic heterocycles. The second kappa shape index (κ2) is 7.65. The molecule has 2 heterocycles. The maximum absolute atomic E-state index is 14.1. The first-order valence-corrected chi connectivity index (χ1v) is 9.59. The van der Waals surface area contributed by atoms with Crippen molar-refractivity contribution in [2.45, 2.75) is 18.4 Å². The Morgan fingerprint density at radius 2 is 1.86 bits per heavy atom. The number of rotatable bonds is 4. The number of halogens is 3. The maximum Gasteiger partial charge on any atom is 0.248 e. The number of nitrogens with one attached hydrogen (secondary N) is 1. The van der Waals surface area contributed by atoms with Gasteiger partial charge in [0.15, 0.2) is 0 Å². The van der Waals surface area contributed by atoms with Crippen LogP contribution in [0.3, 0.4) is 0 Å². The maximum atomic E-state index is 14.1. The van der Waals surface area contributed by atoms with Gasteiger partial charge in [-0.15, -0.1) is 0 Å². The second-order valence-corrected chi connectivity index (χ2v) is 7.69. The Balaban J connectivity index is 1.45. The van der Waals surface area contributed by atoms with E-state index in [4.69, 9.17) is 16.3 Å². The van der Waals surface area contributed by atoms with Crippen LogP contribution in [0, 0.1) is 11.6 Å². The molecule has 2 aromatic carbocycles. The van der Waals surface area contributed by atoms with Gasteiger partial charge in [-0.05, 0) is 49.2 Å². The van der Waals surface area contributed by atoms with Gasteiger partial charge in [0, 0.05) is 29.6 Å². The highest BCUT2D eigenvalue weighted by Gasteiger charge is 2.34. The molecule has 0 bridgehead atoms. The minimum absolute atomic E-state index is 0.00377.